The minimum Gasteiger partial charge on any atom is -0.459 e. The molecule has 58 heavy (non-hydrogen) atoms. The van der Waals surface area contributed by atoms with Gasteiger partial charge >= 0.3 is 18.2 Å². The zero-order chi connectivity index (χ0) is 42.5. The van der Waals surface area contributed by atoms with Crippen molar-refractivity contribution in [3.63, 3.8) is 0 Å². The third-order valence-electron chi connectivity index (χ3n) is 9.54. The quantitative estimate of drug-likeness (QED) is 0.0663. The number of nitrogens with zero attached hydrogens (tertiary/aromatic N) is 5. The Balaban J connectivity index is 1.60. The first-order valence-electron chi connectivity index (χ1n) is 19.0. The van der Waals surface area contributed by atoms with Crippen molar-refractivity contribution in [1.29, 1.82) is 0 Å². The zero-order valence-corrected chi connectivity index (χ0v) is 34.0. The van der Waals surface area contributed by atoms with Gasteiger partial charge in [0.2, 0.25) is 11.5 Å². The molecule has 5 rings (SSSR count). The van der Waals surface area contributed by atoms with Gasteiger partial charge in [0.25, 0.3) is 5.91 Å². The Morgan fingerprint density at radius 1 is 0.931 bits per heavy atom. The van der Waals surface area contributed by atoms with Crippen LogP contribution in [0.15, 0.2) is 70.8 Å². The molecule has 1 aliphatic carbocycles. The molecule has 1 unspecified atom stereocenters. The van der Waals surface area contributed by atoms with Crippen molar-refractivity contribution in [2.45, 2.75) is 103 Å². The van der Waals surface area contributed by atoms with Gasteiger partial charge in [0, 0.05) is 29.8 Å². The number of amides is 3. The van der Waals surface area contributed by atoms with Crippen LogP contribution in [0.3, 0.4) is 0 Å². The molecule has 2 aliphatic heterocycles. The van der Waals surface area contributed by atoms with Gasteiger partial charge in [-0.05, 0) is 78.0 Å². The molecule has 6 atom stereocenters. The number of ether oxygens (including phenoxy) is 5. The second-order valence-corrected chi connectivity index (χ2v) is 16.8. The van der Waals surface area contributed by atoms with E-state index >= 15 is 9.59 Å². The molecule has 2 heterocycles. The molecule has 0 radical (unpaired) electrons. The topological polar surface area (TPSA) is 232 Å². The summed E-state index contributed by atoms with van der Waals surface area (Å²) in [5.41, 5.74) is 5.56. The zero-order valence-electron chi connectivity index (χ0n) is 34.0. The first-order valence-corrected chi connectivity index (χ1v) is 19.0. The van der Waals surface area contributed by atoms with E-state index in [1.54, 1.807) is 79.7 Å². The average molecular weight is 805 g/mol. The summed E-state index contributed by atoms with van der Waals surface area (Å²) < 4.78 is 29.1. The molecule has 2 aromatic carbocycles. The summed E-state index contributed by atoms with van der Waals surface area (Å²) in [6, 6.07) is 16.8. The van der Waals surface area contributed by atoms with Crippen LogP contribution in [-0.4, -0.2) is 95.1 Å². The number of hydrogen-bond donors (Lipinski definition) is 3. The minimum atomic E-state index is -2.40. The number of aliphatic imine (C=N–C) groups is 1. The smallest absolute Gasteiger partial charge is 0.414 e. The molecule has 3 amide bonds. The van der Waals surface area contributed by atoms with Crippen molar-refractivity contribution in [3.8, 4) is 0 Å². The minimum absolute atomic E-state index is 0.0520. The molecule has 0 bridgehead atoms. The van der Waals surface area contributed by atoms with Gasteiger partial charge in [0.05, 0.1) is 12.7 Å². The molecule has 3 N–H and O–H groups in total. The van der Waals surface area contributed by atoms with Gasteiger partial charge in [-0.1, -0.05) is 65.8 Å². The molecule has 1 saturated heterocycles. The third kappa shape index (κ3) is 10.3. The van der Waals surface area contributed by atoms with E-state index in [-0.39, 0.29) is 32.3 Å². The second kappa shape index (κ2) is 17.5. The first kappa shape index (κ1) is 43.6. The van der Waals surface area contributed by atoms with Gasteiger partial charge in [-0.2, -0.15) is 0 Å². The first-order chi connectivity index (χ1) is 27.2. The van der Waals surface area contributed by atoms with Crippen LogP contribution in [0, 0.1) is 17.8 Å². The maximum Gasteiger partial charge on any atom is 0.414 e. The summed E-state index contributed by atoms with van der Waals surface area (Å²) in [7, 11) is 0. The molecule has 312 valence electrons. The third-order valence-corrected chi connectivity index (χ3v) is 9.54. The standard InChI is InChI=1S/C40H52N8O10/c1-37(2,3)57-32(50)29-30(56-39(7,8)45-29)28-26(20-43-47-41)27(19-42-35(52)55-22-25-17-13-10-14-18-25)31(49)40(28)33(51)48(23-54-21-24-15-11-9-12-16-24)34(46-40)44-36(53)58-38(4,5)6/h9-18,26-30,45H,19-23H2,1-8H3,(H,42,52)(H,44,46,53)/t26-,27+,28-,29-,30?,40-/m1/s1. The molecular formula is C40H52N8O10. The van der Waals surface area contributed by atoms with Gasteiger partial charge in [-0.15, -0.1) is 0 Å². The second-order valence-electron chi connectivity index (χ2n) is 16.8. The van der Waals surface area contributed by atoms with Crippen molar-refractivity contribution in [2.75, 3.05) is 19.8 Å². The fourth-order valence-electron chi connectivity index (χ4n) is 7.40. The van der Waals surface area contributed by atoms with Gasteiger partial charge in [0.1, 0.15) is 36.3 Å². The largest absolute Gasteiger partial charge is 0.459 e. The highest BCUT2D eigenvalue weighted by molar-refractivity contribution is 6.23. The van der Waals surface area contributed by atoms with Gasteiger partial charge in [-0.3, -0.25) is 29.9 Å². The summed E-state index contributed by atoms with van der Waals surface area (Å²) in [4.78, 5) is 79.3. The Bertz CT molecular complexity index is 1920. The number of Topliss-reactive ketones (excluding diaryl/α,β-unsaturated/α-hetero) is 1. The van der Waals surface area contributed by atoms with E-state index in [1.807, 2.05) is 36.4 Å². The Hall–Kier alpha value is -5.55. The van der Waals surface area contributed by atoms with E-state index in [4.69, 9.17) is 28.7 Å². The summed E-state index contributed by atoms with van der Waals surface area (Å²) in [5, 5.41) is 12.1. The van der Waals surface area contributed by atoms with Crippen LogP contribution in [0.2, 0.25) is 0 Å². The summed E-state index contributed by atoms with van der Waals surface area (Å²) in [6.07, 6.45) is -3.13. The van der Waals surface area contributed by atoms with Crippen LogP contribution >= 0.6 is 0 Å². The lowest BCUT2D eigenvalue weighted by atomic mass is 9.76. The molecule has 1 spiro atoms. The monoisotopic (exact) mass is 804 g/mol. The van der Waals surface area contributed by atoms with E-state index < -0.39 is 88.9 Å². The Morgan fingerprint density at radius 2 is 1.53 bits per heavy atom. The molecule has 18 heteroatoms. The van der Waals surface area contributed by atoms with Crippen LogP contribution in [0.1, 0.15) is 66.5 Å². The van der Waals surface area contributed by atoms with E-state index in [1.165, 1.54) is 0 Å². The van der Waals surface area contributed by atoms with Crippen LogP contribution in [0.4, 0.5) is 9.59 Å². The lowest BCUT2D eigenvalue weighted by Gasteiger charge is -2.35. The van der Waals surface area contributed by atoms with Crippen molar-refractivity contribution in [3.05, 3.63) is 82.2 Å². The number of carbonyl (C=O) groups is 5. The number of alkyl carbamates (subject to hydrolysis) is 2. The number of rotatable bonds is 12. The average Bonchev–Trinajstić information content (AvgIpc) is 3.69. The molecular weight excluding hydrogens is 752 g/mol. The Kier molecular flexibility index (Phi) is 13.2. The van der Waals surface area contributed by atoms with E-state index in [2.05, 4.69) is 26.0 Å². The van der Waals surface area contributed by atoms with Crippen LogP contribution in [0.5, 0.6) is 0 Å². The summed E-state index contributed by atoms with van der Waals surface area (Å²) in [6.45, 7) is 12.1. The van der Waals surface area contributed by atoms with Crippen molar-refractivity contribution in [1.82, 2.24) is 20.9 Å². The van der Waals surface area contributed by atoms with Crippen molar-refractivity contribution in [2.24, 2.45) is 27.9 Å². The number of guanidine groups is 1. The molecule has 1 saturated carbocycles. The number of ketones is 1. The van der Waals surface area contributed by atoms with Crippen LogP contribution in [0.25, 0.3) is 10.4 Å². The van der Waals surface area contributed by atoms with Crippen LogP contribution < -0.4 is 16.0 Å². The van der Waals surface area contributed by atoms with Gasteiger partial charge < -0.3 is 29.0 Å². The van der Waals surface area contributed by atoms with Crippen LogP contribution in [-0.2, 0) is 51.3 Å². The fraction of sp³-hybridized carbons (Fsp3) is 0.550. The number of hydrogen-bond acceptors (Lipinski definition) is 13. The molecule has 3 aliphatic rings. The highest BCUT2D eigenvalue weighted by atomic mass is 16.6. The van der Waals surface area contributed by atoms with Crippen molar-refractivity contribution < 1.29 is 47.7 Å². The fourth-order valence-corrected chi connectivity index (χ4v) is 7.40. The molecule has 0 aromatic heterocycles. The van der Waals surface area contributed by atoms with Gasteiger partial charge in [0.15, 0.2) is 5.78 Å². The van der Waals surface area contributed by atoms with E-state index in [0.717, 1.165) is 16.0 Å². The van der Waals surface area contributed by atoms with Crippen molar-refractivity contribution >= 4 is 35.8 Å². The lowest BCUT2D eigenvalue weighted by Crippen LogP contribution is -2.58. The summed E-state index contributed by atoms with van der Waals surface area (Å²) >= 11 is 0. The SMILES string of the molecule is CC(C)(C)OC(=O)NC1=N[C@]2(C(=O)[C@@H](CNC(=O)OCc3ccccc3)[C@@H](CN=[N+]=[N-])[C@@H]2C2OC(C)(C)N[C@H]2C(=O)OC(C)(C)C)C(=O)N1COCc1ccccc1. The number of esters is 1. The summed E-state index contributed by atoms with van der Waals surface area (Å²) in [5.74, 6) is -6.43. The van der Waals surface area contributed by atoms with E-state index in [0.29, 0.717) is 0 Å². The van der Waals surface area contributed by atoms with Gasteiger partial charge in [-0.25, -0.2) is 14.6 Å². The Morgan fingerprint density at radius 3 is 2.12 bits per heavy atom. The molecule has 2 fully saturated rings. The predicted molar refractivity (Wildman–Crippen MR) is 208 cm³/mol. The highest BCUT2D eigenvalue weighted by Crippen LogP contribution is 2.52. The maximum absolute atomic E-state index is 15.2. The lowest BCUT2D eigenvalue weighted by molar-refractivity contribution is -0.161. The number of azide groups is 1. The number of benzene rings is 2. The maximum atomic E-state index is 15.2. The normalized spacial score (nSPS) is 25.2. The Labute approximate surface area is 337 Å². The predicted octanol–water partition coefficient (Wildman–Crippen LogP) is 4.73. The molecule has 18 nitrogen and oxygen atoms in total. The molecule has 2 aromatic rings. The highest BCUT2D eigenvalue weighted by Gasteiger charge is 2.72. The number of nitrogens with one attached hydrogen (secondary N) is 3. The number of carbonyl (C=O) groups excluding carboxylic acids is 5. The van der Waals surface area contributed by atoms with E-state index in [9.17, 15) is 19.9 Å².